The first-order valence-electron chi connectivity index (χ1n) is 13.4. The van der Waals surface area contributed by atoms with Crippen molar-refractivity contribution in [2.45, 2.75) is 32.7 Å². The molecule has 2 aromatic carbocycles. The van der Waals surface area contributed by atoms with Crippen LogP contribution in [0.1, 0.15) is 26.7 Å². The molecule has 1 fully saturated rings. The molecule has 0 saturated heterocycles. The molecule has 1 aliphatic carbocycles. The topological polar surface area (TPSA) is 126 Å². The van der Waals surface area contributed by atoms with Crippen LogP contribution in [0.3, 0.4) is 0 Å². The zero-order valence-electron chi connectivity index (χ0n) is 22.9. The number of anilines is 3. The van der Waals surface area contributed by atoms with E-state index in [1.165, 1.54) is 24.5 Å². The van der Waals surface area contributed by atoms with Gasteiger partial charge in [0.05, 0.1) is 36.0 Å². The second-order valence-corrected chi connectivity index (χ2v) is 10.0. The lowest BCUT2D eigenvalue weighted by Gasteiger charge is -2.25. The van der Waals surface area contributed by atoms with Gasteiger partial charge < -0.3 is 25.2 Å². The third kappa shape index (κ3) is 8.35. The largest absolute Gasteiger partial charge is 0.491 e. The first-order valence-corrected chi connectivity index (χ1v) is 13.8. The molecule has 1 amide bonds. The van der Waals surface area contributed by atoms with Crippen LogP contribution in [0.2, 0.25) is 5.02 Å². The number of nitrogens with one attached hydrogen (secondary N) is 2. The Balaban J connectivity index is 1.55. The number of carbonyl (C=O) groups is 2. The van der Waals surface area contributed by atoms with Gasteiger partial charge in [0.2, 0.25) is 5.91 Å². The summed E-state index contributed by atoms with van der Waals surface area (Å²) in [6, 6.07) is 7.13. The summed E-state index contributed by atoms with van der Waals surface area (Å²) in [6.45, 7) is 4.54. The molecule has 10 nitrogen and oxygen atoms in total. The van der Waals surface area contributed by atoms with Crippen molar-refractivity contribution in [3.05, 3.63) is 59.7 Å². The van der Waals surface area contributed by atoms with Crippen molar-refractivity contribution in [2.24, 2.45) is 5.92 Å². The van der Waals surface area contributed by atoms with E-state index in [0.29, 0.717) is 46.4 Å². The molecule has 0 radical (unpaired) electrons. The van der Waals surface area contributed by atoms with Crippen LogP contribution < -0.4 is 15.4 Å². The summed E-state index contributed by atoms with van der Waals surface area (Å²) in [4.78, 5) is 35.5. The normalized spacial score (nSPS) is 13.9. The number of aromatic nitrogens is 2. The number of fused-ring (bicyclic) bond motifs is 1. The average molecular weight is 586 g/mol. The second-order valence-electron chi connectivity index (χ2n) is 9.63. The predicted molar refractivity (Wildman–Crippen MR) is 155 cm³/mol. The van der Waals surface area contributed by atoms with Crippen LogP contribution in [-0.2, 0) is 14.3 Å². The zero-order valence-corrected chi connectivity index (χ0v) is 23.7. The number of esters is 1. The van der Waals surface area contributed by atoms with Gasteiger partial charge in [-0.2, -0.15) is 0 Å². The molecule has 0 aliphatic heterocycles. The Labute approximate surface area is 242 Å². The van der Waals surface area contributed by atoms with Gasteiger partial charge in [-0.3, -0.25) is 14.5 Å². The van der Waals surface area contributed by atoms with Gasteiger partial charge in [0.1, 0.15) is 29.8 Å². The standard InChI is InChI=1S/C29H33ClFN5O5/c1-3-40-29(39)18(2)36(11-12-37)10-4-5-27(38)35-25-14-21-24(15-26(25)41-16-19-6-7-19)32-17-33-28(21)34-20-8-9-23(31)22(30)13-20/h4-5,8-9,13-15,17-19,37H,3,6-7,10-12,16H2,1-2H3,(H,35,38)(H,32,33,34)/t18-/m0/s1. The summed E-state index contributed by atoms with van der Waals surface area (Å²) >= 11 is 5.94. The lowest BCUT2D eigenvalue weighted by molar-refractivity contribution is -0.148. The van der Waals surface area contributed by atoms with Crippen molar-refractivity contribution < 1.29 is 28.6 Å². The van der Waals surface area contributed by atoms with Gasteiger partial charge in [0.15, 0.2) is 0 Å². The quantitative estimate of drug-likeness (QED) is 0.182. The molecule has 12 heteroatoms. The maximum atomic E-state index is 13.6. The summed E-state index contributed by atoms with van der Waals surface area (Å²) < 4.78 is 24.8. The van der Waals surface area contributed by atoms with Crippen LogP contribution in [0.4, 0.5) is 21.6 Å². The minimum Gasteiger partial charge on any atom is -0.491 e. The number of carbonyl (C=O) groups excluding carboxylic acids is 2. The number of hydrogen-bond acceptors (Lipinski definition) is 9. The smallest absolute Gasteiger partial charge is 0.323 e. The molecule has 1 saturated carbocycles. The molecule has 41 heavy (non-hydrogen) atoms. The van der Waals surface area contributed by atoms with E-state index in [4.69, 9.17) is 21.1 Å². The van der Waals surface area contributed by atoms with Gasteiger partial charge in [-0.05, 0) is 56.9 Å². The van der Waals surface area contributed by atoms with E-state index in [2.05, 4.69) is 20.6 Å². The SMILES string of the molecule is CCOC(=O)[C@H](C)N(CC=CC(=O)Nc1cc2c(Nc3ccc(F)c(Cl)c3)ncnc2cc1OCC1CC1)CCO. The maximum absolute atomic E-state index is 13.6. The van der Waals surface area contributed by atoms with Crippen LogP contribution in [0, 0.1) is 11.7 Å². The van der Waals surface area contributed by atoms with Gasteiger partial charge in [-0.15, -0.1) is 0 Å². The summed E-state index contributed by atoms with van der Waals surface area (Å²) in [5.74, 6) is 0.0458. The third-order valence-corrected chi connectivity index (χ3v) is 6.81. The molecule has 0 spiro atoms. The van der Waals surface area contributed by atoms with Crippen molar-refractivity contribution in [2.75, 3.05) is 43.5 Å². The number of aliphatic hydroxyl groups is 1. The summed E-state index contributed by atoms with van der Waals surface area (Å²) in [7, 11) is 0. The minimum absolute atomic E-state index is 0.0296. The predicted octanol–water partition coefficient (Wildman–Crippen LogP) is 4.70. The van der Waals surface area contributed by atoms with E-state index in [0.717, 1.165) is 12.8 Å². The van der Waals surface area contributed by atoms with Crippen LogP contribution in [0.15, 0.2) is 48.8 Å². The molecule has 4 rings (SSSR count). The van der Waals surface area contributed by atoms with Gasteiger partial charge in [-0.25, -0.2) is 14.4 Å². The Hall–Kier alpha value is -3.80. The molecule has 3 N–H and O–H groups in total. The first-order chi connectivity index (χ1) is 19.8. The highest BCUT2D eigenvalue weighted by Gasteiger charge is 2.23. The number of nitrogens with zero attached hydrogens (tertiary/aromatic N) is 3. The van der Waals surface area contributed by atoms with Gasteiger partial charge in [-0.1, -0.05) is 17.7 Å². The molecule has 0 bridgehead atoms. The minimum atomic E-state index is -0.584. The van der Waals surface area contributed by atoms with Crippen molar-refractivity contribution in [1.29, 1.82) is 0 Å². The highest BCUT2D eigenvalue weighted by atomic mass is 35.5. The Morgan fingerprint density at radius 2 is 2.07 bits per heavy atom. The summed E-state index contributed by atoms with van der Waals surface area (Å²) in [5.41, 5.74) is 1.54. The third-order valence-electron chi connectivity index (χ3n) is 6.52. The number of benzene rings is 2. The summed E-state index contributed by atoms with van der Waals surface area (Å²) in [6.07, 6.45) is 6.57. The Bertz CT molecular complexity index is 1420. The van der Waals surface area contributed by atoms with Crippen molar-refractivity contribution in [1.82, 2.24) is 14.9 Å². The fraction of sp³-hybridized carbons (Fsp3) is 0.379. The molecule has 3 aromatic rings. The molecular weight excluding hydrogens is 553 g/mol. The number of aliphatic hydroxyl groups excluding tert-OH is 1. The van der Waals surface area contributed by atoms with E-state index in [1.807, 2.05) is 0 Å². The van der Waals surface area contributed by atoms with Crippen LogP contribution in [-0.4, -0.2) is 70.8 Å². The molecule has 1 atom stereocenters. The molecule has 1 aromatic heterocycles. The van der Waals surface area contributed by atoms with E-state index < -0.39 is 23.7 Å². The van der Waals surface area contributed by atoms with Crippen molar-refractivity contribution in [3.8, 4) is 5.75 Å². The Morgan fingerprint density at radius 3 is 2.78 bits per heavy atom. The Kier molecular flexibility index (Phi) is 10.4. The van der Waals surface area contributed by atoms with Crippen molar-refractivity contribution >= 4 is 51.6 Å². The van der Waals surface area contributed by atoms with Gasteiger partial charge in [0.25, 0.3) is 0 Å². The van der Waals surface area contributed by atoms with Crippen molar-refractivity contribution in [3.63, 3.8) is 0 Å². The van der Waals surface area contributed by atoms with E-state index >= 15 is 0 Å². The lowest BCUT2D eigenvalue weighted by atomic mass is 10.1. The summed E-state index contributed by atoms with van der Waals surface area (Å²) in [5, 5.41) is 16.0. The number of ether oxygens (including phenoxy) is 2. The average Bonchev–Trinajstić information content (AvgIpc) is 3.78. The molecular formula is C29H33ClFN5O5. The fourth-order valence-corrected chi connectivity index (χ4v) is 4.24. The fourth-order valence-electron chi connectivity index (χ4n) is 4.06. The highest BCUT2D eigenvalue weighted by Crippen LogP contribution is 2.36. The zero-order chi connectivity index (χ0) is 29.4. The molecule has 1 heterocycles. The van der Waals surface area contributed by atoms with E-state index in [1.54, 1.807) is 43.0 Å². The molecule has 218 valence electrons. The van der Waals surface area contributed by atoms with E-state index in [-0.39, 0.29) is 31.3 Å². The first kappa shape index (κ1) is 30.2. The highest BCUT2D eigenvalue weighted by molar-refractivity contribution is 6.31. The maximum Gasteiger partial charge on any atom is 0.323 e. The van der Waals surface area contributed by atoms with E-state index in [9.17, 15) is 19.1 Å². The van der Waals surface area contributed by atoms with Crippen LogP contribution in [0.25, 0.3) is 10.9 Å². The van der Waals surface area contributed by atoms with Crippen LogP contribution in [0.5, 0.6) is 5.75 Å². The number of rotatable bonds is 14. The molecule has 0 unspecified atom stereocenters. The number of hydrogen-bond donors (Lipinski definition) is 3. The molecule has 1 aliphatic rings. The second kappa shape index (κ2) is 14.2. The monoisotopic (exact) mass is 585 g/mol. The van der Waals surface area contributed by atoms with Crippen LogP contribution >= 0.6 is 11.6 Å². The Morgan fingerprint density at radius 1 is 1.27 bits per heavy atom. The van der Waals surface area contributed by atoms with Gasteiger partial charge in [0, 0.05) is 36.3 Å². The number of halogens is 2. The van der Waals surface area contributed by atoms with Gasteiger partial charge >= 0.3 is 5.97 Å². The lowest BCUT2D eigenvalue weighted by Crippen LogP contribution is -2.41. The number of amides is 1.